The van der Waals surface area contributed by atoms with Gasteiger partial charge in [0.2, 0.25) is 23.4 Å². The number of hydrogen-bond acceptors (Lipinski definition) is 7. The molecule has 0 bridgehead atoms. The number of carbonyl (C=O) groups is 1. The Morgan fingerprint density at radius 2 is 2.04 bits per heavy atom. The summed E-state index contributed by atoms with van der Waals surface area (Å²) < 4.78 is 40.3. The molecule has 1 saturated heterocycles. The maximum absolute atomic E-state index is 13.4. The number of nitrogens with zero attached hydrogens (tertiary/aromatic N) is 4. The summed E-state index contributed by atoms with van der Waals surface area (Å²) in [6, 6.07) is 0. The van der Waals surface area contributed by atoms with E-state index in [1.165, 1.54) is 12.3 Å². The van der Waals surface area contributed by atoms with E-state index in [0.29, 0.717) is 23.0 Å². The summed E-state index contributed by atoms with van der Waals surface area (Å²) in [4.78, 5) is 21.9. The van der Waals surface area contributed by atoms with Crippen molar-refractivity contribution < 1.29 is 23.1 Å². The molecule has 0 radical (unpaired) electrons. The summed E-state index contributed by atoms with van der Waals surface area (Å²) >= 11 is 0.651. The quantitative estimate of drug-likeness (QED) is 0.706. The zero-order valence-corrected chi connectivity index (χ0v) is 15.3. The van der Waals surface area contributed by atoms with Gasteiger partial charge >= 0.3 is 6.18 Å². The number of H-pyrrole nitrogens is 1. The topological polar surface area (TPSA) is 107 Å². The van der Waals surface area contributed by atoms with E-state index in [4.69, 9.17) is 0 Å². The Hall–Kier alpha value is -2.21. The van der Waals surface area contributed by atoms with Gasteiger partial charge in [0.25, 0.3) is 0 Å². The average Bonchev–Trinajstić information content (AvgIpc) is 3.24. The number of amides is 1. The lowest BCUT2D eigenvalue weighted by Crippen LogP contribution is -2.45. The maximum Gasteiger partial charge on any atom is 0.424 e. The molecule has 1 amide bonds. The molecule has 3 N–H and O–H groups in total. The molecule has 148 valence electrons. The zero-order chi connectivity index (χ0) is 19.7. The lowest BCUT2D eigenvalue weighted by molar-refractivity contribution is -0.266. The second-order valence-electron chi connectivity index (χ2n) is 6.41. The highest BCUT2D eigenvalue weighted by molar-refractivity contribution is 7.09. The third-order valence-electron chi connectivity index (χ3n) is 4.23. The fourth-order valence-corrected chi connectivity index (χ4v) is 3.71. The second-order valence-corrected chi connectivity index (χ2v) is 7.27. The number of carbonyl (C=O) groups excluding carboxylic acids is 1. The van der Waals surface area contributed by atoms with Crippen LogP contribution < -0.4 is 10.2 Å². The van der Waals surface area contributed by atoms with E-state index in [2.05, 4.69) is 25.5 Å². The van der Waals surface area contributed by atoms with Gasteiger partial charge in [-0.3, -0.25) is 10.1 Å². The number of anilines is 2. The summed E-state index contributed by atoms with van der Waals surface area (Å²) in [6.07, 6.45) is -3.17. The minimum atomic E-state index is -5.06. The van der Waals surface area contributed by atoms with Gasteiger partial charge in [0.1, 0.15) is 5.01 Å². The van der Waals surface area contributed by atoms with E-state index in [-0.39, 0.29) is 5.95 Å². The van der Waals surface area contributed by atoms with Crippen molar-refractivity contribution in [2.75, 3.05) is 23.3 Å². The van der Waals surface area contributed by atoms with Crippen LogP contribution in [0.2, 0.25) is 0 Å². The number of aromatic amines is 1. The highest BCUT2D eigenvalue weighted by atomic mass is 32.1. The molecule has 0 aromatic carbocycles. The van der Waals surface area contributed by atoms with Crippen molar-refractivity contribution in [3.8, 4) is 0 Å². The van der Waals surface area contributed by atoms with Crippen molar-refractivity contribution in [1.82, 2.24) is 20.2 Å². The molecule has 1 unspecified atom stereocenters. The summed E-state index contributed by atoms with van der Waals surface area (Å²) in [5, 5.41) is 19.7. The first-order valence-electron chi connectivity index (χ1n) is 8.38. The number of halogens is 3. The van der Waals surface area contributed by atoms with Gasteiger partial charge in [0, 0.05) is 24.2 Å². The Morgan fingerprint density at radius 3 is 2.63 bits per heavy atom. The molecule has 3 heterocycles. The molecule has 2 aromatic rings. The highest BCUT2D eigenvalue weighted by Gasteiger charge is 2.58. The Kier molecular flexibility index (Phi) is 5.38. The molecular weight excluding hydrogens is 385 g/mol. The first-order chi connectivity index (χ1) is 12.7. The van der Waals surface area contributed by atoms with Gasteiger partial charge < -0.3 is 10.0 Å². The summed E-state index contributed by atoms with van der Waals surface area (Å²) in [6.45, 7) is 3.07. The van der Waals surface area contributed by atoms with E-state index in [9.17, 15) is 23.1 Å². The summed E-state index contributed by atoms with van der Waals surface area (Å²) in [7, 11) is 0. The van der Waals surface area contributed by atoms with Gasteiger partial charge in [-0.2, -0.15) is 18.2 Å². The Morgan fingerprint density at radius 1 is 1.33 bits per heavy atom. The van der Waals surface area contributed by atoms with Crippen molar-refractivity contribution in [3.05, 3.63) is 16.1 Å². The van der Waals surface area contributed by atoms with Crippen molar-refractivity contribution in [2.24, 2.45) is 0 Å². The molecule has 0 aliphatic carbocycles. The van der Waals surface area contributed by atoms with Gasteiger partial charge in [-0.25, -0.2) is 10.1 Å². The van der Waals surface area contributed by atoms with Crippen molar-refractivity contribution >= 4 is 29.1 Å². The van der Waals surface area contributed by atoms with Gasteiger partial charge in [-0.05, 0) is 26.2 Å². The van der Waals surface area contributed by atoms with Crippen LogP contribution in [0.1, 0.15) is 36.4 Å². The highest BCUT2D eigenvalue weighted by Crippen LogP contribution is 2.42. The fraction of sp³-hybridized carbons (Fsp3) is 0.600. The van der Waals surface area contributed by atoms with Crippen molar-refractivity contribution in [1.29, 1.82) is 0 Å². The van der Waals surface area contributed by atoms with Crippen LogP contribution in [0.15, 0.2) is 5.38 Å². The van der Waals surface area contributed by atoms with Crippen LogP contribution in [0.3, 0.4) is 0 Å². The third-order valence-corrected chi connectivity index (χ3v) is 5.34. The van der Waals surface area contributed by atoms with Crippen LogP contribution in [-0.4, -0.2) is 50.4 Å². The predicted octanol–water partition coefficient (Wildman–Crippen LogP) is 2.34. The normalized spacial score (nSPS) is 17.6. The van der Waals surface area contributed by atoms with E-state index >= 15 is 0 Å². The molecule has 2 aromatic heterocycles. The molecule has 1 aliphatic rings. The molecule has 1 atom stereocenters. The minimum absolute atomic E-state index is 0.0691. The van der Waals surface area contributed by atoms with Gasteiger partial charge in [0.15, 0.2) is 0 Å². The van der Waals surface area contributed by atoms with E-state index in [1.807, 2.05) is 4.90 Å². The number of hydrogen-bond donors (Lipinski definition) is 3. The maximum atomic E-state index is 13.4. The van der Waals surface area contributed by atoms with E-state index in [0.717, 1.165) is 32.4 Å². The number of thiazole rings is 1. The molecule has 3 rings (SSSR count). The Labute approximate surface area is 156 Å². The molecule has 1 aliphatic heterocycles. The zero-order valence-electron chi connectivity index (χ0n) is 14.5. The average molecular weight is 404 g/mol. The van der Waals surface area contributed by atoms with Gasteiger partial charge in [-0.15, -0.1) is 16.4 Å². The molecule has 0 saturated carbocycles. The summed E-state index contributed by atoms with van der Waals surface area (Å²) in [5.74, 6) is -0.740. The first-order valence-corrected chi connectivity index (χ1v) is 9.26. The Bertz CT molecular complexity index is 802. The van der Waals surface area contributed by atoms with E-state index in [1.54, 1.807) is 0 Å². The lowest BCUT2D eigenvalue weighted by atomic mass is 9.99. The van der Waals surface area contributed by atoms with Crippen LogP contribution in [-0.2, 0) is 10.4 Å². The predicted molar refractivity (Wildman–Crippen MR) is 92.5 cm³/mol. The monoisotopic (exact) mass is 404 g/mol. The number of alkyl halides is 3. The van der Waals surface area contributed by atoms with Crippen molar-refractivity contribution in [3.63, 3.8) is 0 Å². The largest absolute Gasteiger partial charge is 0.424 e. The van der Waals surface area contributed by atoms with Gasteiger partial charge in [-0.1, -0.05) is 0 Å². The third kappa shape index (κ3) is 4.21. The van der Waals surface area contributed by atoms with Crippen LogP contribution >= 0.6 is 11.3 Å². The SMILES string of the molecule is Cc1csc(C(O)(CC(=O)Nc2nc(N3CCCCC3)n[nH]2)C(F)(F)F)n1. The van der Waals surface area contributed by atoms with Crippen LogP contribution in [0.5, 0.6) is 0 Å². The number of piperidine rings is 1. The summed E-state index contributed by atoms with van der Waals surface area (Å²) in [5.41, 5.74) is -3.04. The molecular formula is C15H19F3N6O2S. The number of aryl methyl sites for hydroxylation is 1. The standard InChI is InChI=1S/C15H19F3N6O2S/c1-9-8-27-11(19-9)14(26,15(16,17)18)7-10(25)20-12-21-13(23-22-12)24-5-3-2-4-6-24/h8,26H,2-7H2,1H3,(H2,20,21,22,23,25). The van der Waals surface area contributed by atoms with E-state index < -0.39 is 29.1 Å². The van der Waals surface area contributed by atoms with Gasteiger partial charge in [0.05, 0.1) is 6.42 Å². The number of nitrogens with one attached hydrogen (secondary N) is 2. The number of aliphatic hydroxyl groups is 1. The molecule has 1 fully saturated rings. The minimum Gasteiger partial charge on any atom is -0.374 e. The molecule has 0 spiro atoms. The van der Waals surface area contributed by atoms with Crippen molar-refractivity contribution in [2.45, 2.75) is 44.4 Å². The van der Waals surface area contributed by atoms with Crippen LogP contribution in [0.4, 0.5) is 25.1 Å². The molecule has 27 heavy (non-hydrogen) atoms. The second kappa shape index (κ2) is 7.43. The Balaban J connectivity index is 1.70. The fourth-order valence-electron chi connectivity index (χ4n) is 2.79. The smallest absolute Gasteiger partial charge is 0.374 e. The first kappa shape index (κ1) is 19.5. The lowest BCUT2D eigenvalue weighted by Gasteiger charge is -2.27. The number of aromatic nitrogens is 4. The molecule has 12 heteroatoms. The van der Waals surface area contributed by atoms with Crippen LogP contribution in [0, 0.1) is 6.92 Å². The van der Waals surface area contributed by atoms with Crippen LogP contribution in [0.25, 0.3) is 0 Å². The molecule has 8 nitrogen and oxygen atoms in total. The number of rotatable bonds is 5.